The number of ether oxygens (including phenoxy) is 1. The summed E-state index contributed by atoms with van der Waals surface area (Å²) in [5.41, 5.74) is 4.27. The fourth-order valence-corrected chi connectivity index (χ4v) is 7.20. The van der Waals surface area contributed by atoms with E-state index in [0.29, 0.717) is 12.0 Å². The smallest absolute Gasteiger partial charge is 0.386 e. The zero-order chi connectivity index (χ0) is 36.8. The number of phosphoric ester groups is 3. The zero-order valence-electron chi connectivity index (χ0n) is 25.6. The second kappa shape index (κ2) is 16.9. The molecular formula is C21H36N7O17P3S. The Hall–Kier alpha value is -2.15. The highest BCUT2D eigenvalue weighted by Gasteiger charge is 2.50. The minimum atomic E-state index is -5.55. The molecule has 278 valence electrons. The number of hydrogen-bond acceptors (Lipinski definition) is 18. The van der Waals surface area contributed by atoms with Crippen LogP contribution in [0.4, 0.5) is 5.82 Å². The number of carbonyl (C=O) groups excluding carboxylic acids is 2. The van der Waals surface area contributed by atoms with Gasteiger partial charge in [0.15, 0.2) is 17.7 Å². The number of imidazole rings is 1. The number of nitrogens with two attached hydrogens (primary N) is 1. The number of phosphoric acid groups is 3. The molecule has 28 heteroatoms. The number of nitrogens with one attached hydrogen (secondary N) is 2. The number of rotatable bonds is 19. The van der Waals surface area contributed by atoms with E-state index in [2.05, 4.69) is 34.4 Å². The van der Waals surface area contributed by atoms with Gasteiger partial charge in [-0.15, -0.1) is 0 Å². The lowest BCUT2D eigenvalue weighted by molar-refractivity contribution is -0.137. The largest absolute Gasteiger partial charge is 0.481 e. The Morgan fingerprint density at radius 3 is 2.43 bits per heavy atom. The second-order valence-electron chi connectivity index (χ2n) is 10.9. The maximum Gasteiger partial charge on any atom is 0.481 e. The van der Waals surface area contributed by atoms with Gasteiger partial charge in [-0.1, -0.05) is 13.8 Å². The summed E-state index contributed by atoms with van der Waals surface area (Å²) in [4.78, 5) is 74.7. The molecule has 1 aliphatic heterocycles. The molecule has 3 rings (SSSR count). The average molecular weight is 784 g/mol. The van der Waals surface area contributed by atoms with Crippen LogP contribution in [0.3, 0.4) is 0 Å². The zero-order valence-corrected chi connectivity index (χ0v) is 29.1. The summed E-state index contributed by atoms with van der Waals surface area (Å²) in [5, 5.41) is 26.0. The van der Waals surface area contributed by atoms with Crippen molar-refractivity contribution in [2.75, 3.05) is 37.8 Å². The molecule has 24 nitrogen and oxygen atoms in total. The van der Waals surface area contributed by atoms with Gasteiger partial charge in [0.1, 0.15) is 36.3 Å². The van der Waals surface area contributed by atoms with Crippen molar-refractivity contribution in [3.63, 3.8) is 0 Å². The summed E-state index contributed by atoms with van der Waals surface area (Å²) in [6.07, 6.45) is -6.85. The fraction of sp³-hybridized carbons (Fsp3) is 0.667. The Morgan fingerprint density at radius 2 is 1.78 bits per heavy atom. The van der Waals surface area contributed by atoms with Crippen LogP contribution in [-0.4, -0.2) is 122 Å². The summed E-state index contributed by atoms with van der Waals surface area (Å²) in [7, 11) is -16.3. The van der Waals surface area contributed by atoms with Gasteiger partial charge in [-0.3, -0.25) is 27.7 Å². The molecule has 0 aromatic carbocycles. The van der Waals surface area contributed by atoms with Crippen LogP contribution in [0, 0.1) is 5.41 Å². The van der Waals surface area contributed by atoms with Crippen molar-refractivity contribution in [2.45, 2.75) is 50.9 Å². The first-order valence-electron chi connectivity index (χ1n) is 13.8. The highest BCUT2D eigenvalue weighted by molar-refractivity contribution is 7.93. The lowest BCUT2D eigenvalue weighted by Gasteiger charge is -2.30. The molecule has 7 unspecified atom stereocenters. The van der Waals surface area contributed by atoms with Gasteiger partial charge in [0.05, 0.1) is 19.5 Å². The topological polar surface area (TPSA) is 367 Å². The van der Waals surface area contributed by atoms with Gasteiger partial charge >= 0.3 is 23.5 Å². The number of aliphatic hydroxyl groups is 2. The molecule has 7 atom stereocenters. The van der Waals surface area contributed by atoms with Crippen LogP contribution in [0.5, 0.6) is 0 Å². The molecule has 1 aliphatic rings. The first-order chi connectivity index (χ1) is 22.7. The number of nitrogen functional groups attached to an aromatic ring is 1. The monoisotopic (exact) mass is 783 g/mol. The van der Waals surface area contributed by atoms with Crippen molar-refractivity contribution < 1.29 is 80.2 Å². The van der Waals surface area contributed by atoms with Crippen molar-refractivity contribution >= 4 is 64.3 Å². The standard InChI is InChI=1S/C21H36N7O17P3S/c1-21(2,16(31)19(32)24-4-3-12(29)23-5-6-49-40)8-42-48(38,39)45-47(36,37)41-7-11-15(44-46(33,34)35)14(30)20(43-11)28-10-27-13-17(22)25-9-26-18(13)28/h9-11,14-16,20,30-31,40H,3-8H2,1-2H3,(H,23,29)(H,24,32)(H,36,37)(H,38,39)(H2,22,25,26)(H2,33,34,35). The average Bonchev–Trinajstić information content (AvgIpc) is 3.55. The molecule has 0 aliphatic carbocycles. The first kappa shape index (κ1) is 41.3. The molecule has 2 aromatic heterocycles. The Balaban J connectivity index is 1.59. The highest BCUT2D eigenvalue weighted by atomic mass is 32.2. The van der Waals surface area contributed by atoms with Crippen molar-refractivity contribution in [1.29, 1.82) is 0 Å². The predicted octanol–water partition coefficient (Wildman–Crippen LogP) is -1.39. The number of fused-ring (bicyclic) bond motifs is 1. The Bertz CT molecular complexity index is 1610. The van der Waals surface area contributed by atoms with Gasteiger partial charge in [-0.25, -0.2) is 28.6 Å². The number of hydrogen-bond donors (Lipinski definition) is 10. The summed E-state index contributed by atoms with van der Waals surface area (Å²) in [5.74, 6) is -1.19. The van der Waals surface area contributed by atoms with E-state index >= 15 is 0 Å². The number of nitrogens with zero attached hydrogens (tertiary/aromatic N) is 4. The Labute approximate surface area is 281 Å². The third kappa shape index (κ3) is 12.0. The minimum absolute atomic E-state index is 0.0325. The van der Waals surface area contributed by atoms with E-state index in [4.69, 9.17) is 24.1 Å². The number of carbonyl (C=O) groups is 2. The number of anilines is 1. The van der Waals surface area contributed by atoms with Gasteiger partial charge in [-0.2, -0.15) is 4.31 Å². The van der Waals surface area contributed by atoms with Crippen LogP contribution in [0.25, 0.3) is 11.2 Å². The number of aromatic nitrogens is 4. The van der Waals surface area contributed by atoms with Gasteiger partial charge in [0.25, 0.3) is 0 Å². The van der Waals surface area contributed by atoms with Gasteiger partial charge in [0.2, 0.25) is 11.8 Å². The van der Waals surface area contributed by atoms with E-state index in [9.17, 15) is 53.1 Å². The molecule has 2 amide bonds. The highest BCUT2D eigenvalue weighted by Crippen LogP contribution is 2.61. The molecule has 0 saturated carbocycles. The van der Waals surface area contributed by atoms with E-state index < -0.39 is 84.6 Å². The van der Waals surface area contributed by atoms with Crippen molar-refractivity contribution in [1.82, 2.24) is 30.2 Å². The predicted molar refractivity (Wildman–Crippen MR) is 165 cm³/mol. The van der Waals surface area contributed by atoms with Crippen LogP contribution in [-0.2, 0) is 45.9 Å². The summed E-state index contributed by atoms with van der Waals surface area (Å²) in [6, 6.07) is 0. The molecule has 2 aromatic rings. The van der Waals surface area contributed by atoms with E-state index in [-0.39, 0.29) is 42.2 Å². The van der Waals surface area contributed by atoms with Crippen molar-refractivity contribution in [3.8, 4) is 0 Å². The molecule has 0 spiro atoms. The quantitative estimate of drug-likeness (QED) is 0.0445. The SMILES string of the molecule is CC(C)(COP(=O)(O)OP(=O)(O)OCC1OC(n2cnc3c(N)ncnc32)C(O)C1OP(=O)(O)O)C(O)C(=O)NCCC(=O)NCCSO. The molecular weight excluding hydrogens is 747 g/mol. The number of aliphatic hydroxyl groups excluding tert-OH is 2. The molecule has 0 bridgehead atoms. The van der Waals surface area contributed by atoms with Crippen LogP contribution in [0.2, 0.25) is 0 Å². The van der Waals surface area contributed by atoms with Gasteiger partial charge < -0.3 is 55.4 Å². The third-order valence-corrected chi connectivity index (χ3v) is 10.1. The van der Waals surface area contributed by atoms with Gasteiger partial charge in [-0.05, 0) is 12.0 Å². The number of amides is 2. The first-order valence-corrected chi connectivity index (χ1v) is 19.3. The van der Waals surface area contributed by atoms with Crippen LogP contribution in [0.15, 0.2) is 12.7 Å². The normalized spacial score (nSPS) is 23.1. The summed E-state index contributed by atoms with van der Waals surface area (Å²) in [6.45, 7) is 0.501. The summed E-state index contributed by atoms with van der Waals surface area (Å²) >= 11 is 0.534. The summed E-state index contributed by atoms with van der Waals surface area (Å²) < 4.78 is 70.3. The van der Waals surface area contributed by atoms with Crippen molar-refractivity contribution in [2.24, 2.45) is 5.41 Å². The second-order valence-corrected chi connectivity index (χ2v) is 15.8. The van der Waals surface area contributed by atoms with E-state index in [0.717, 1.165) is 17.2 Å². The molecule has 1 fully saturated rings. The minimum Gasteiger partial charge on any atom is -0.386 e. The maximum atomic E-state index is 12.6. The molecule has 0 radical (unpaired) electrons. The maximum absolute atomic E-state index is 12.6. The molecule has 11 N–H and O–H groups in total. The Kier molecular flexibility index (Phi) is 14.2. The fourth-order valence-electron chi connectivity index (χ4n) is 4.18. The molecule has 3 heterocycles. The van der Waals surface area contributed by atoms with E-state index in [1.807, 2.05) is 0 Å². The van der Waals surface area contributed by atoms with E-state index in [1.54, 1.807) is 0 Å². The van der Waals surface area contributed by atoms with E-state index in [1.165, 1.54) is 13.8 Å². The third-order valence-electron chi connectivity index (χ3n) is 6.59. The Morgan fingerprint density at radius 1 is 1.10 bits per heavy atom. The van der Waals surface area contributed by atoms with Gasteiger partial charge in [0, 0.05) is 30.7 Å². The lowest BCUT2D eigenvalue weighted by atomic mass is 9.87. The molecule has 1 saturated heterocycles. The van der Waals surface area contributed by atoms with Crippen LogP contribution >= 0.6 is 35.5 Å². The molecule has 49 heavy (non-hydrogen) atoms. The van der Waals surface area contributed by atoms with Crippen LogP contribution < -0.4 is 16.4 Å². The lowest BCUT2D eigenvalue weighted by Crippen LogP contribution is -2.46. The van der Waals surface area contributed by atoms with Crippen molar-refractivity contribution in [3.05, 3.63) is 12.7 Å². The van der Waals surface area contributed by atoms with Crippen LogP contribution in [0.1, 0.15) is 26.5 Å².